The van der Waals surface area contributed by atoms with Gasteiger partial charge in [-0.2, -0.15) is 12.6 Å². The number of allylic oxidation sites excluding steroid dienone is 1. The van der Waals surface area contributed by atoms with Crippen LogP contribution in [0.5, 0.6) is 0 Å². The molecule has 0 spiro atoms. The van der Waals surface area contributed by atoms with E-state index in [0.29, 0.717) is 28.8 Å². The van der Waals surface area contributed by atoms with Crippen LogP contribution in [0.3, 0.4) is 0 Å². The van der Waals surface area contributed by atoms with E-state index in [1.807, 2.05) is 39.8 Å². The molecular weight excluding hydrogens is 580 g/mol. The summed E-state index contributed by atoms with van der Waals surface area (Å²) in [7, 11) is 0. The SMILES string of the molecule is C=CC1=C(C)[C@@H](Cc2[nH]c(=C/c3[nH]c(/C=C4\NC(=O)[C@H](C)[C@H]4CCS)c(C)c3CCC(=O)O)/c(=C\CC(=O)O)c2C)NC1=O. The Morgan fingerprint density at radius 2 is 1.75 bits per heavy atom. The minimum absolute atomic E-state index is 0.00127. The maximum Gasteiger partial charge on any atom is 0.307 e. The van der Waals surface area contributed by atoms with Gasteiger partial charge in [-0.25, -0.2) is 0 Å². The van der Waals surface area contributed by atoms with Crippen LogP contribution in [0.4, 0.5) is 0 Å². The van der Waals surface area contributed by atoms with Crippen LogP contribution in [0.2, 0.25) is 0 Å². The van der Waals surface area contributed by atoms with Crippen molar-refractivity contribution in [3.05, 3.63) is 73.8 Å². The number of aromatic amines is 2. The van der Waals surface area contributed by atoms with E-state index in [1.165, 1.54) is 0 Å². The van der Waals surface area contributed by atoms with E-state index in [-0.39, 0.29) is 49.0 Å². The summed E-state index contributed by atoms with van der Waals surface area (Å²) in [6.07, 6.45) is 8.23. The second kappa shape index (κ2) is 13.6. The Bertz CT molecular complexity index is 1710. The fraction of sp³-hybridized carbons (Fsp3) is 0.394. The Hall–Kier alpha value is -4.25. The van der Waals surface area contributed by atoms with E-state index in [0.717, 1.165) is 51.0 Å². The lowest BCUT2D eigenvalue weighted by Crippen LogP contribution is -2.30. The lowest BCUT2D eigenvalue weighted by molar-refractivity contribution is -0.137. The molecule has 3 atom stereocenters. The minimum Gasteiger partial charge on any atom is -0.481 e. The van der Waals surface area contributed by atoms with Crippen LogP contribution in [0, 0.1) is 25.7 Å². The van der Waals surface area contributed by atoms with Gasteiger partial charge in [0.15, 0.2) is 0 Å². The Kier molecular flexibility index (Phi) is 10.1. The van der Waals surface area contributed by atoms with Gasteiger partial charge in [0.25, 0.3) is 5.91 Å². The largest absolute Gasteiger partial charge is 0.481 e. The number of amides is 2. The first-order chi connectivity index (χ1) is 20.9. The predicted molar refractivity (Wildman–Crippen MR) is 172 cm³/mol. The van der Waals surface area contributed by atoms with Crippen LogP contribution in [0.1, 0.15) is 66.9 Å². The topological polar surface area (TPSA) is 164 Å². The molecule has 234 valence electrons. The monoisotopic (exact) mass is 620 g/mol. The third kappa shape index (κ3) is 6.77. The molecule has 2 amide bonds. The van der Waals surface area contributed by atoms with Crippen LogP contribution in [0.25, 0.3) is 18.2 Å². The van der Waals surface area contributed by atoms with Gasteiger partial charge in [-0.3, -0.25) is 19.2 Å². The van der Waals surface area contributed by atoms with E-state index in [2.05, 4.69) is 39.8 Å². The summed E-state index contributed by atoms with van der Waals surface area (Å²) in [5.74, 6) is -1.65. The van der Waals surface area contributed by atoms with Crippen LogP contribution in [0.15, 0.2) is 29.5 Å². The van der Waals surface area contributed by atoms with Gasteiger partial charge < -0.3 is 30.8 Å². The highest BCUT2D eigenvalue weighted by Gasteiger charge is 2.34. The number of H-pyrrole nitrogens is 2. The molecular formula is C33H40N4O6S. The molecule has 6 N–H and O–H groups in total. The van der Waals surface area contributed by atoms with Crippen LogP contribution in [-0.4, -0.2) is 55.7 Å². The van der Waals surface area contributed by atoms with Crippen molar-refractivity contribution in [2.75, 3.05) is 5.75 Å². The number of hydrogen-bond acceptors (Lipinski definition) is 5. The van der Waals surface area contributed by atoms with Crippen molar-refractivity contribution in [1.29, 1.82) is 0 Å². The Morgan fingerprint density at radius 3 is 2.36 bits per heavy atom. The summed E-state index contributed by atoms with van der Waals surface area (Å²) in [5.41, 5.74) is 7.09. The van der Waals surface area contributed by atoms with Crippen molar-refractivity contribution < 1.29 is 29.4 Å². The molecule has 2 aliphatic rings. The molecule has 2 aromatic heterocycles. The maximum absolute atomic E-state index is 12.5. The molecule has 2 aromatic rings. The number of carboxylic acid groups (broad SMARTS) is 2. The maximum atomic E-state index is 12.5. The zero-order valence-electron chi connectivity index (χ0n) is 25.5. The molecule has 4 rings (SSSR count). The lowest BCUT2D eigenvalue weighted by Gasteiger charge is -2.12. The summed E-state index contributed by atoms with van der Waals surface area (Å²) in [6.45, 7) is 11.4. The number of carbonyl (C=O) groups excluding carboxylic acids is 2. The standard InChI is InChI=1S/C33H40N4O6S/c1-6-20-16(2)26(36-33(20)43)13-24-17(3)21(7-9-30(38)39)27(34-24)15-28-22(8-10-31(40)41)18(4)25(35-28)14-29-23(11-12-44)19(5)32(42)37-29/h6-7,14-15,19,23,26,34-35,44H,1,8-13H2,2-5H3,(H,36,43)(H,37,42)(H,38,39)(H,40,41)/b21-7-,27-15+,29-14-/t19-,23-,26-/m1/s1. The third-order valence-corrected chi connectivity index (χ3v) is 9.03. The first-order valence-electron chi connectivity index (χ1n) is 14.7. The van der Waals surface area contributed by atoms with Crippen molar-refractivity contribution in [1.82, 2.24) is 20.6 Å². The fourth-order valence-corrected chi connectivity index (χ4v) is 6.40. The molecule has 0 unspecified atom stereocenters. The summed E-state index contributed by atoms with van der Waals surface area (Å²) in [5, 5.41) is 26.3. The highest BCUT2D eigenvalue weighted by molar-refractivity contribution is 7.80. The quantitative estimate of drug-likeness (QED) is 0.180. The summed E-state index contributed by atoms with van der Waals surface area (Å²) >= 11 is 4.38. The van der Waals surface area contributed by atoms with E-state index >= 15 is 0 Å². The van der Waals surface area contributed by atoms with Crippen molar-refractivity contribution in [2.24, 2.45) is 11.8 Å². The van der Waals surface area contributed by atoms with E-state index in [9.17, 15) is 29.4 Å². The van der Waals surface area contributed by atoms with Crippen LogP contribution < -0.4 is 21.2 Å². The van der Waals surface area contributed by atoms with Crippen LogP contribution >= 0.6 is 12.6 Å². The zero-order valence-corrected chi connectivity index (χ0v) is 26.4. The number of nitrogens with one attached hydrogen (secondary N) is 4. The molecule has 2 aliphatic heterocycles. The highest BCUT2D eigenvalue weighted by Crippen LogP contribution is 2.32. The number of hydrogen-bond donors (Lipinski definition) is 7. The molecule has 44 heavy (non-hydrogen) atoms. The molecule has 0 bridgehead atoms. The average Bonchev–Trinajstić information content (AvgIpc) is 3.60. The fourth-order valence-electron chi connectivity index (χ4n) is 6.12. The van der Waals surface area contributed by atoms with Gasteiger partial charge in [0.2, 0.25) is 5.91 Å². The van der Waals surface area contributed by atoms with Gasteiger partial charge in [0.05, 0.1) is 12.5 Å². The third-order valence-electron chi connectivity index (χ3n) is 8.78. The van der Waals surface area contributed by atoms with Gasteiger partial charge in [-0.15, -0.1) is 0 Å². The molecule has 4 heterocycles. The van der Waals surface area contributed by atoms with Crippen molar-refractivity contribution >= 4 is 54.6 Å². The summed E-state index contributed by atoms with van der Waals surface area (Å²) in [4.78, 5) is 54.8. The molecule has 1 fully saturated rings. The number of thiol groups is 1. The molecule has 10 nitrogen and oxygen atoms in total. The minimum atomic E-state index is -0.967. The second-order valence-corrected chi connectivity index (χ2v) is 11.9. The van der Waals surface area contributed by atoms with E-state index < -0.39 is 11.9 Å². The smallest absolute Gasteiger partial charge is 0.307 e. The molecule has 0 aliphatic carbocycles. The Balaban J connectivity index is 1.85. The summed E-state index contributed by atoms with van der Waals surface area (Å²) in [6, 6.07) is -0.237. The lowest BCUT2D eigenvalue weighted by atomic mass is 9.91. The first kappa shape index (κ1) is 32.7. The molecule has 1 saturated heterocycles. The van der Waals surface area contributed by atoms with E-state index in [1.54, 1.807) is 12.2 Å². The molecule has 0 radical (unpaired) electrons. The number of carboxylic acids is 2. The normalized spacial score (nSPS) is 21.8. The molecule has 11 heteroatoms. The van der Waals surface area contributed by atoms with Crippen molar-refractivity contribution in [3.63, 3.8) is 0 Å². The molecule has 0 aromatic carbocycles. The van der Waals surface area contributed by atoms with Crippen molar-refractivity contribution in [2.45, 2.75) is 65.8 Å². The highest BCUT2D eigenvalue weighted by atomic mass is 32.1. The first-order valence-corrected chi connectivity index (χ1v) is 15.3. The Labute approximate surface area is 261 Å². The average molecular weight is 621 g/mol. The van der Waals surface area contributed by atoms with Crippen molar-refractivity contribution in [3.8, 4) is 0 Å². The predicted octanol–water partition coefficient (Wildman–Crippen LogP) is 2.65. The van der Waals surface area contributed by atoms with Crippen LogP contribution in [-0.2, 0) is 32.0 Å². The number of aromatic nitrogens is 2. The van der Waals surface area contributed by atoms with Gasteiger partial charge in [0.1, 0.15) is 0 Å². The zero-order chi connectivity index (χ0) is 32.3. The number of aliphatic carboxylic acids is 2. The summed E-state index contributed by atoms with van der Waals surface area (Å²) < 4.78 is 0. The number of carbonyl (C=O) groups is 4. The van der Waals surface area contributed by atoms with Gasteiger partial charge in [-0.1, -0.05) is 25.7 Å². The molecule has 0 saturated carbocycles. The van der Waals surface area contributed by atoms with E-state index in [4.69, 9.17) is 0 Å². The Morgan fingerprint density at radius 1 is 1.02 bits per heavy atom. The van der Waals surface area contributed by atoms with Gasteiger partial charge >= 0.3 is 11.9 Å². The van der Waals surface area contributed by atoms with Gasteiger partial charge in [0, 0.05) is 58.4 Å². The second-order valence-electron chi connectivity index (χ2n) is 11.5. The van der Waals surface area contributed by atoms with Gasteiger partial charge in [-0.05, 0) is 79.0 Å². The number of rotatable bonds is 12.